The number of carbonyl (C=O) groups excluding carboxylic acids is 1. The van der Waals surface area contributed by atoms with Gasteiger partial charge in [-0.15, -0.1) is 0 Å². The van der Waals surface area contributed by atoms with Gasteiger partial charge in [0.25, 0.3) is 0 Å². The van der Waals surface area contributed by atoms with Crippen molar-refractivity contribution in [3.05, 3.63) is 42.1 Å². The number of hydrogen-bond acceptors (Lipinski definition) is 4. The molecule has 7 nitrogen and oxygen atoms in total. The van der Waals surface area contributed by atoms with Crippen LogP contribution in [-0.4, -0.2) is 33.4 Å². The summed E-state index contributed by atoms with van der Waals surface area (Å²) in [4.78, 5) is 22.9. The summed E-state index contributed by atoms with van der Waals surface area (Å²) in [5, 5.41) is 15.4. The zero-order valence-electron chi connectivity index (χ0n) is 11.7. The lowest BCUT2D eigenvalue weighted by molar-refractivity contribution is -0.137. The fourth-order valence-corrected chi connectivity index (χ4v) is 2.38. The summed E-state index contributed by atoms with van der Waals surface area (Å²) in [5.41, 5.74) is 1.00. The van der Waals surface area contributed by atoms with Crippen molar-refractivity contribution in [1.29, 1.82) is 0 Å². The Morgan fingerprint density at radius 2 is 2.18 bits per heavy atom. The van der Waals surface area contributed by atoms with Crippen molar-refractivity contribution in [2.24, 2.45) is 5.92 Å². The highest BCUT2D eigenvalue weighted by Gasteiger charge is 2.26. The number of nitrogens with one attached hydrogen (secondary N) is 1. The van der Waals surface area contributed by atoms with Crippen molar-refractivity contribution in [2.75, 3.05) is 11.9 Å². The molecule has 1 amide bonds. The molecule has 2 N–H and O–H groups in total. The van der Waals surface area contributed by atoms with Crippen LogP contribution in [0.15, 0.2) is 36.5 Å². The quantitative estimate of drug-likeness (QED) is 0.884. The van der Waals surface area contributed by atoms with Crippen molar-refractivity contribution in [3.8, 4) is 5.75 Å². The number of carboxylic acids is 1. The largest absolute Gasteiger partial charge is 0.492 e. The predicted octanol–water partition coefficient (Wildman–Crippen LogP) is 1.16. The Hall–Kier alpha value is -2.83. The minimum Gasteiger partial charge on any atom is -0.492 e. The fourth-order valence-electron chi connectivity index (χ4n) is 2.38. The van der Waals surface area contributed by atoms with Crippen molar-refractivity contribution >= 4 is 17.7 Å². The summed E-state index contributed by atoms with van der Waals surface area (Å²) >= 11 is 0. The highest BCUT2D eigenvalue weighted by Crippen LogP contribution is 2.27. The molecule has 22 heavy (non-hydrogen) atoms. The summed E-state index contributed by atoms with van der Waals surface area (Å²) in [6, 6.07) is 9.20. The topological polar surface area (TPSA) is 93.5 Å². The third kappa shape index (κ3) is 3.08. The number of nitrogens with zero attached hydrogens (tertiary/aromatic N) is 2. The van der Waals surface area contributed by atoms with Gasteiger partial charge >= 0.3 is 5.97 Å². The van der Waals surface area contributed by atoms with Crippen molar-refractivity contribution in [3.63, 3.8) is 0 Å². The van der Waals surface area contributed by atoms with Crippen LogP contribution in [-0.2, 0) is 22.6 Å². The molecule has 1 atom stereocenters. The van der Waals surface area contributed by atoms with E-state index in [0.717, 1.165) is 11.3 Å². The van der Waals surface area contributed by atoms with Crippen LogP contribution in [0.2, 0.25) is 0 Å². The highest BCUT2D eigenvalue weighted by molar-refractivity contribution is 5.92. The summed E-state index contributed by atoms with van der Waals surface area (Å²) in [5.74, 6) is -0.310. The lowest BCUT2D eigenvalue weighted by Crippen LogP contribution is -2.32. The van der Waals surface area contributed by atoms with Gasteiger partial charge in [-0.2, -0.15) is 5.10 Å². The number of fused-ring (bicyclic) bond motifs is 1. The first-order valence-corrected chi connectivity index (χ1v) is 6.88. The molecular weight excluding hydrogens is 286 g/mol. The molecule has 0 radical (unpaired) electrons. The average Bonchev–Trinajstić information content (AvgIpc) is 2.93. The zero-order valence-corrected chi connectivity index (χ0v) is 11.7. The minimum atomic E-state index is -0.988. The van der Waals surface area contributed by atoms with Gasteiger partial charge in [0.05, 0.1) is 5.92 Å². The van der Waals surface area contributed by atoms with Crippen LogP contribution in [0.25, 0.3) is 0 Å². The van der Waals surface area contributed by atoms with Gasteiger partial charge in [-0.05, 0) is 18.1 Å². The molecule has 0 saturated heterocycles. The molecular formula is C15H15N3O4. The second kappa shape index (κ2) is 5.88. The molecule has 0 unspecified atom stereocenters. The Labute approximate surface area is 126 Å². The molecule has 1 aromatic heterocycles. The normalized spacial score (nSPS) is 16.5. The Morgan fingerprint density at radius 1 is 1.36 bits per heavy atom. The number of aliphatic carboxylic acids is 1. The van der Waals surface area contributed by atoms with E-state index in [1.54, 1.807) is 6.07 Å². The molecule has 0 saturated carbocycles. The van der Waals surface area contributed by atoms with E-state index in [1.807, 2.05) is 24.3 Å². The van der Waals surface area contributed by atoms with E-state index in [1.165, 1.54) is 10.9 Å². The second-order valence-corrected chi connectivity index (χ2v) is 5.10. The van der Waals surface area contributed by atoms with E-state index in [-0.39, 0.29) is 18.4 Å². The van der Waals surface area contributed by atoms with Crippen molar-refractivity contribution in [2.45, 2.75) is 13.0 Å². The molecule has 1 aliphatic rings. The van der Waals surface area contributed by atoms with Crippen LogP contribution in [0, 0.1) is 5.92 Å². The van der Waals surface area contributed by atoms with Gasteiger partial charge in [0.2, 0.25) is 5.91 Å². The smallest absolute Gasteiger partial charge is 0.325 e. The van der Waals surface area contributed by atoms with Crippen LogP contribution >= 0.6 is 0 Å². The molecule has 0 aliphatic carbocycles. The second-order valence-electron chi connectivity index (χ2n) is 5.10. The fraction of sp³-hybridized carbons (Fsp3) is 0.267. The monoisotopic (exact) mass is 301 g/mol. The molecule has 7 heteroatoms. The molecule has 2 aromatic rings. The Morgan fingerprint density at radius 3 is 3.00 bits per heavy atom. The van der Waals surface area contributed by atoms with Gasteiger partial charge in [0.15, 0.2) is 5.82 Å². The van der Waals surface area contributed by atoms with Crippen LogP contribution in [0.4, 0.5) is 5.82 Å². The Bertz CT molecular complexity index is 710. The SMILES string of the molecule is O=C(O)Cn1ccc(NC(=O)[C@H]2COc3ccccc3C2)n1. The summed E-state index contributed by atoms with van der Waals surface area (Å²) in [6.45, 7) is 0.0778. The molecule has 0 fully saturated rings. The van der Waals surface area contributed by atoms with E-state index >= 15 is 0 Å². The highest BCUT2D eigenvalue weighted by atomic mass is 16.5. The molecule has 2 heterocycles. The van der Waals surface area contributed by atoms with Crippen LogP contribution in [0.5, 0.6) is 5.75 Å². The number of anilines is 1. The van der Waals surface area contributed by atoms with Gasteiger partial charge in [-0.1, -0.05) is 18.2 Å². The predicted molar refractivity (Wildman–Crippen MR) is 77.6 cm³/mol. The van der Waals surface area contributed by atoms with Crippen LogP contribution < -0.4 is 10.1 Å². The zero-order chi connectivity index (χ0) is 15.5. The summed E-state index contributed by atoms with van der Waals surface area (Å²) in [7, 11) is 0. The molecule has 1 aliphatic heterocycles. The lowest BCUT2D eigenvalue weighted by atomic mass is 9.96. The van der Waals surface area contributed by atoms with E-state index < -0.39 is 5.97 Å². The third-order valence-electron chi connectivity index (χ3n) is 3.44. The van der Waals surface area contributed by atoms with Gasteiger partial charge < -0.3 is 15.2 Å². The molecule has 114 valence electrons. The Kier molecular flexibility index (Phi) is 3.78. The minimum absolute atomic E-state index is 0.185. The summed E-state index contributed by atoms with van der Waals surface area (Å²) in [6.07, 6.45) is 2.12. The number of carbonyl (C=O) groups is 2. The van der Waals surface area contributed by atoms with Gasteiger partial charge in [-0.25, -0.2) is 0 Å². The van der Waals surface area contributed by atoms with Crippen LogP contribution in [0.1, 0.15) is 5.56 Å². The van der Waals surface area contributed by atoms with Gasteiger partial charge in [0.1, 0.15) is 18.9 Å². The van der Waals surface area contributed by atoms with E-state index in [9.17, 15) is 9.59 Å². The van der Waals surface area contributed by atoms with E-state index in [4.69, 9.17) is 9.84 Å². The van der Waals surface area contributed by atoms with Crippen molar-refractivity contribution < 1.29 is 19.4 Å². The first-order chi connectivity index (χ1) is 10.6. The number of rotatable bonds is 4. The Balaban J connectivity index is 1.63. The molecule has 0 bridgehead atoms. The maximum absolute atomic E-state index is 12.3. The van der Waals surface area contributed by atoms with Crippen LogP contribution in [0.3, 0.4) is 0 Å². The van der Waals surface area contributed by atoms with E-state index in [0.29, 0.717) is 18.8 Å². The first kappa shape index (κ1) is 14.1. The number of hydrogen-bond donors (Lipinski definition) is 2. The number of carboxylic acid groups (broad SMARTS) is 1. The number of aromatic nitrogens is 2. The number of benzene rings is 1. The van der Waals surface area contributed by atoms with Gasteiger partial charge in [0, 0.05) is 12.3 Å². The maximum Gasteiger partial charge on any atom is 0.325 e. The third-order valence-corrected chi connectivity index (χ3v) is 3.44. The van der Waals surface area contributed by atoms with Gasteiger partial charge in [-0.3, -0.25) is 14.3 Å². The molecule has 0 spiro atoms. The number of ether oxygens (including phenoxy) is 1. The molecule has 1 aromatic carbocycles. The van der Waals surface area contributed by atoms with Crippen molar-refractivity contribution in [1.82, 2.24) is 9.78 Å². The first-order valence-electron chi connectivity index (χ1n) is 6.88. The standard InChI is InChI=1S/C15H15N3O4/c19-14(20)8-18-6-5-13(17-18)16-15(21)11-7-10-3-1-2-4-12(10)22-9-11/h1-6,11H,7-9H2,(H,19,20)(H,16,17,21)/t11-/m1/s1. The summed E-state index contributed by atoms with van der Waals surface area (Å²) < 4.78 is 6.84. The van der Waals surface area contributed by atoms with E-state index in [2.05, 4.69) is 10.4 Å². The maximum atomic E-state index is 12.3. The molecule has 3 rings (SSSR count). The lowest BCUT2D eigenvalue weighted by Gasteiger charge is -2.24. The number of amides is 1. The average molecular weight is 301 g/mol. The number of para-hydroxylation sites is 1.